The summed E-state index contributed by atoms with van der Waals surface area (Å²) in [6.45, 7) is 4.64. The maximum Gasteiger partial charge on any atom is 0.0543 e. The molecular formula is C22H42O. The Morgan fingerprint density at radius 2 is 1.22 bits per heavy atom. The summed E-state index contributed by atoms with van der Waals surface area (Å²) in [6.07, 6.45) is 20.9. The minimum absolute atomic E-state index is 0.0210. The Labute approximate surface area is 145 Å². The van der Waals surface area contributed by atoms with Gasteiger partial charge in [-0.1, -0.05) is 78.1 Å². The molecule has 2 atom stereocenters. The molecule has 3 fully saturated rings. The van der Waals surface area contributed by atoms with Crippen molar-refractivity contribution in [2.24, 2.45) is 23.7 Å². The Hall–Kier alpha value is -0.0400. The molecule has 0 radical (unpaired) electrons. The number of hydrogen-bond donors (Lipinski definition) is 1. The molecule has 136 valence electrons. The molecule has 3 aliphatic carbocycles. The summed E-state index contributed by atoms with van der Waals surface area (Å²) in [4.78, 5) is 0. The predicted molar refractivity (Wildman–Crippen MR) is 101 cm³/mol. The van der Waals surface area contributed by atoms with E-state index in [1.807, 2.05) is 0 Å². The second kappa shape index (κ2) is 10.7. The van der Waals surface area contributed by atoms with Crippen molar-refractivity contribution in [2.45, 2.75) is 116 Å². The predicted octanol–water partition coefficient (Wildman–Crippen LogP) is 6.73. The average Bonchev–Trinajstić information content (AvgIpc) is 2.63. The molecule has 0 aromatic heterocycles. The zero-order valence-corrected chi connectivity index (χ0v) is 15.9. The van der Waals surface area contributed by atoms with E-state index >= 15 is 0 Å². The third kappa shape index (κ3) is 6.77. The summed E-state index contributed by atoms with van der Waals surface area (Å²) in [5.41, 5.74) is 0. The summed E-state index contributed by atoms with van der Waals surface area (Å²) in [5, 5.41) is 9.71. The molecule has 1 N–H and O–H groups in total. The molecule has 3 saturated carbocycles. The summed E-state index contributed by atoms with van der Waals surface area (Å²) in [7, 11) is 0. The van der Waals surface area contributed by atoms with Crippen LogP contribution in [0.2, 0.25) is 0 Å². The quantitative estimate of drug-likeness (QED) is 0.610. The normalized spacial score (nSPS) is 36.1. The van der Waals surface area contributed by atoms with E-state index in [4.69, 9.17) is 0 Å². The van der Waals surface area contributed by atoms with Crippen LogP contribution in [0.3, 0.4) is 0 Å². The number of hydrogen-bond acceptors (Lipinski definition) is 1. The second-order valence-electron chi connectivity index (χ2n) is 8.68. The smallest absolute Gasteiger partial charge is 0.0543 e. The molecule has 3 aliphatic rings. The van der Waals surface area contributed by atoms with Crippen LogP contribution in [0.1, 0.15) is 110 Å². The maximum absolute atomic E-state index is 9.71. The highest BCUT2D eigenvalue weighted by Crippen LogP contribution is 2.40. The number of aliphatic hydroxyl groups is 1. The zero-order valence-electron chi connectivity index (χ0n) is 15.9. The standard InChI is InChI=1S/C14H26O.C8H16/c1-2-11-6-8-12(9-7-11)13-4-3-5-14(15)10-13;1-2-8-6-4-3-5-7-8/h11-15H,2-10H2,1H3;8H,2-7H2,1H3. The van der Waals surface area contributed by atoms with Crippen molar-refractivity contribution in [3.05, 3.63) is 0 Å². The minimum atomic E-state index is 0.0210. The summed E-state index contributed by atoms with van der Waals surface area (Å²) in [5.74, 6) is 3.90. The maximum atomic E-state index is 9.71. The lowest BCUT2D eigenvalue weighted by molar-refractivity contribution is 0.0644. The molecule has 0 aliphatic heterocycles. The zero-order chi connectivity index (χ0) is 16.5. The lowest BCUT2D eigenvalue weighted by Crippen LogP contribution is -2.28. The van der Waals surface area contributed by atoms with Crippen molar-refractivity contribution in [3.8, 4) is 0 Å². The third-order valence-electron chi connectivity index (χ3n) is 7.12. The first-order chi connectivity index (χ1) is 11.2. The van der Waals surface area contributed by atoms with Crippen molar-refractivity contribution >= 4 is 0 Å². The van der Waals surface area contributed by atoms with Gasteiger partial charge in [0.15, 0.2) is 0 Å². The fourth-order valence-corrected chi connectivity index (χ4v) is 5.29. The van der Waals surface area contributed by atoms with Gasteiger partial charge in [0.05, 0.1) is 6.10 Å². The second-order valence-corrected chi connectivity index (χ2v) is 8.68. The monoisotopic (exact) mass is 322 g/mol. The molecule has 1 nitrogen and oxygen atoms in total. The van der Waals surface area contributed by atoms with Crippen LogP contribution in [0.4, 0.5) is 0 Å². The highest BCUT2D eigenvalue weighted by atomic mass is 16.3. The molecule has 2 unspecified atom stereocenters. The molecular weight excluding hydrogens is 280 g/mol. The van der Waals surface area contributed by atoms with E-state index in [0.29, 0.717) is 0 Å². The first-order valence-corrected chi connectivity index (χ1v) is 10.9. The van der Waals surface area contributed by atoms with Gasteiger partial charge in [-0.25, -0.2) is 0 Å². The molecule has 0 aromatic carbocycles. The van der Waals surface area contributed by atoms with Crippen LogP contribution in [-0.4, -0.2) is 11.2 Å². The largest absolute Gasteiger partial charge is 0.393 e. The van der Waals surface area contributed by atoms with Crippen LogP contribution in [0.15, 0.2) is 0 Å². The fourth-order valence-electron chi connectivity index (χ4n) is 5.29. The van der Waals surface area contributed by atoms with Gasteiger partial charge < -0.3 is 5.11 Å². The summed E-state index contributed by atoms with van der Waals surface area (Å²) < 4.78 is 0. The highest BCUT2D eigenvalue weighted by molar-refractivity contribution is 4.82. The van der Waals surface area contributed by atoms with Gasteiger partial charge in [0.25, 0.3) is 0 Å². The van der Waals surface area contributed by atoms with Crippen molar-refractivity contribution in [3.63, 3.8) is 0 Å². The van der Waals surface area contributed by atoms with E-state index in [2.05, 4.69) is 13.8 Å². The van der Waals surface area contributed by atoms with E-state index < -0.39 is 0 Å². The Morgan fingerprint density at radius 3 is 1.74 bits per heavy atom. The van der Waals surface area contributed by atoms with Crippen LogP contribution in [0, 0.1) is 23.7 Å². The summed E-state index contributed by atoms with van der Waals surface area (Å²) in [6, 6.07) is 0. The topological polar surface area (TPSA) is 20.2 Å². The highest BCUT2D eigenvalue weighted by Gasteiger charge is 2.30. The SMILES string of the molecule is CCC1CCC(C2CCCC(O)C2)CC1.CCC1CCCCC1. The third-order valence-corrected chi connectivity index (χ3v) is 7.12. The molecule has 0 bridgehead atoms. The molecule has 1 heteroatoms. The van der Waals surface area contributed by atoms with Crippen molar-refractivity contribution in [2.75, 3.05) is 0 Å². The van der Waals surface area contributed by atoms with Crippen LogP contribution >= 0.6 is 0 Å². The van der Waals surface area contributed by atoms with Gasteiger partial charge in [0.1, 0.15) is 0 Å². The van der Waals surface area contributed by atoms with Crippen molar-refractivity contribution in [1.29, 1.82) is 0 Å². The van der Waals surface area contributed by atoms with Gasteiger partial charge in [-0.3, -0.25) is 0 Å². The van der Waals surface area contributed by atoms with Gasteiger partial charge >= 0.3 is 0 Å². The van der Waals surface area contributed by atoms with Gasteiger partial charge in [-0.15, -0.1) is 0 Å². The lowest BCUT2D eigenvalue weighted by Gasteiger charge is -2.37. The Morgan fingerprint density at radius 1 is 0.609 bits per heavy atom. The lowest BCUT2D eigenvalue weighted by atomic mass is 9.70. The minimum Gasteiger partial charge on any atom is -0.393 e. The van der Waals surface area contributed by atoms with Crippen LogP contribution in [0.5, 0.6) is 0 Å². The Kier molecular flexibility index (Phi) is 9.01. The van der Waals surface area contributed by atoms with E-state index in [-0.39, 0.29) is 6.10 Å². The van der Waals surface area contributed by atoms with E-state index in [1.54, 1.807) is 0 Å². The Balaban J connectivity index is 0.000000203. The summed E-state index contributed by atoms with van der Waals surface area (Å²) >= 11 is 0. The Bertz CT molecular complexity index is 286. The molecule has 0 aromatic rings. The van der Waals surface area contributed by atoms with Gasteiger partial charge in [-0.05, 0) is 55.8 Å². The molecule has 0 spiro atoms. The molecule has 23 heavy (non-hydrogen) atoms. The van der Waals surface area contributed by atoms with Crippen LogP contribution in [-0.2, 0) is 0 Å². The van der Waals surface area contributed by atoms with E-state index in [1.165, 1.54) is 83.5 Å². The average molecular weight is 323 g/mol. The number of rotatable bonds is 3. The molecule has 0 heterocycles. The van der Waals surface area contributed by atoms with Gasteiger partial charge in [0, 0.05) is 0 Å². The van der Waals surface area contributed by atoms with Gasteiger partial charge in [-0.2, -0.15) is 0 Å². The van der Waals surface area contributed by atoms with Crippen LogP contribution in [0.25, 0.3) is 0 Å². The molecule has 0 saturated heterocycles. The fraction of sp³-hybridized carbons (Fsp3) is 1.00. The molecule has 0 amide bonds. The number of aliphatic hydroxyl groups excluding tert-OH is 1. The first-order valence-electron chi connectivity index (χ1n) is 10.9. The van der Waals surface area contributed by atoms with E-state index in [0.717, 1.165) is 36.5 Å². The van der Waals surface area contributed by atoms with Crippen molar-refractivity contribution in [1.82, 2.24) is 0 Å². The van der Waals surface area contributed by atoms with Crippen molar-refractivity contribution < 1.29 is 5.11 Å². The first kappa shape index (κ1) is 19.3. The van der Waals surface area contributed by atoms with Gasteiger partial charge in [0.2, 0.25) is 0 Å². The van der Waals surface area contributed by atoms with E-state index in [9.17, 15) is 5.11 Å². The molecule has 3 rings (SSSR count). The van der Waals surface area contributed by atoms with Crippen LogP contribution < -0.4 is 0 Å².